The van der Waals surface area contributed by atoms with Crippen LogP contribution in [0, 0.1) is 0 Å². The van der Waals surface area contributed by atoms with Crippen LogP contribution in [0.2, 0.25) is 0 Å². The highest BCUT2D eigenvalue weighted by atomic mass is 16.7. The molecule has 1 aromatic heterocycles. The Morgan fingerprint density at radius 3 is 3.05 bits per heavy atom. The molecule has 2 aliphatic rings. The summed E-state index contributed by atoms with van der Waals surface area (Å²) in [6.45, 7) is 0.496. The van der Waals surface area contributed by atoms with E-state index in [4.69, 9.17) is 9.47 Å². The van der Waals surface area contributed by atoms with Crippen molar-refractivity contribution in [1.82, 2.24) is 4.98 Å². The van der Waals surface area contributed by atoms with E-state index in [2.05, 4.69) is 4.98 Å². The lowest BCUT2D eigenvalue weighted by Gasteiger charge is -2.23. The van der Waals surface area contributed by atoms with Crippen molar-refractivity contribution in [3.05, 3.63) is 41.1 Å². The van der Waals surface area contributed by atoms with E-state index in [1.165, 1.54) is 0 Å². The van der Waals surface area contributed by atoms with Gasteiger partial charge in [0.2, 0.25) is 6.29 Å². The van der Waals surface area contributed by atoms with Gasteiger partial charge in [-0.2, -0.15) is 0 Å². The van der Waals surface area contributed by atoms with Gasteiger partial charge in [-0.25, -0.2) is 9.78 Å². The van der Waals surface area contributed by atoms with Crippen molar-refractivity contribution in [3.63, 3.8) is 0 Å². The number of carboxylic acids is 1. The van der Waals surface area contributed by atoms with E-state index in [0.29, 0.717) is 35.2 Å². The second-order valence-corrected chi connectivity index (χ2v) is 4.80. The Labute approximate surface area is 108 Å². The number of benzene rings is 1. The molecule has 0 amide bonds. The first-order valence-corrected chi connectivity index (χ1v) is 6.16. The second kappa shape index (κ2) is 3.76. The van der Waals surface area contributed by atoms with Crippen molar-refractivity contribution in [1.29, 1.82) is 0 Å². The van der Waals surface area contributed by atoms with Gasteiger partial charge in [-0.3, -0.25) is 0 Å². The molecule has 3 heterocycles. The fourth-order valence-corrected chi connectivity index (χ4v) is 2.84. The Bertz CT molecular complexity index is 697. The Hall–Kier alpha value is -1.98. The Morgan fingerprint density at radius 2 is 2.21 bits per heavy atom. The number of rotatable bonds is 1. The van der Waals surface area contributed by atoms with Crippen LogP contribution in [-0.4, -0.2) is 28.8 Å². The number of pyridine rings is 1. The zero-order valence-corrected chi connectivity index (χ0v) is 10.00. The molecule has 5 nitrogen and oxygen atoms in total. The van der Waals surface area contributed by atoms with Gasteiger partial charge in [0.1, 0.15) is 5.69 Å². The lowest BCUT2D eigenvalue weighted by Crippen LogP contribution is -2.23. The summed E-state index contributed by atoms with van der Waals surface area (Å²) >= 11 is 0. The van der Waals surface area contributed by atoms with Gasteiger partial charge in [0.25, 0.3) is 0 Å². The lowest BCUT2D eigenvalue weighted by molar-refractivity contribution is -0.0708. The van der Waals surface area contributed by atoms with Crippen LogP contribution >= 0.6 is 0 Å². The van der Waals surface area contributed by atoms with Crippen molar-refractivity contribution in [2.45, 2.75) is 18.8 Å². The molecule has 19 heavy (non-hydrogen) atoms. The molecule has 0 aliphatic carbocycles. The summed E-state index contributed by atoms with van der Waals surface area (Å²) < 4.78 is 11.1. The highest BCUT2D eigenvalue weighted by Crippen LogP contribution is 2.38. The molecule has 2 aromatic rings. The summed E-state index contributed by atoms with van der Waals surface area (Å²) in [5.74, 6) is -0.920. The van der Waals surface area contributed by atoms with Gasteiger partial charge in [-0.1, -0.05) is 18.2 Å². The van der Waals surface area contributed by atoms with E-state index in [-0.39, 0.29) is 6.10 Å². The highest BCUT2D eigenvalue weighted by molar-refractivity contribution is 6.04. The minimum atomic E-state index is -0.920. The zero-order chi connectivity index (χ0) is 13.0. The van der Waals surface area contributed by atoms with Crippen LogP contribution in [0.15, 0.2) is 24.3 Å². The monoisotopic (exact) mass is 257 g/mol. The van der Waals surface area contributed by atoms with Crippen LogP contribution in [0.4, 0.5) is 0 Å². The SMILES string of the molecule is O=C(O)c1c2c(nc3ccccc13)C1OCC(C2)O1. The fourth-order valence-electron chi connectivity index (χ4n) is 2.84. The Balaban J connectivity index is 2.09. The molecule has 5 heteroatoms. The van der Waals surface area contributed by atoms with Crippen LogP contribution < -0.4 is 0 Å². The van der Waals surface area contributed by atoms with E-state index in [0.717, 1.165) is 5.56 Å². The summed E-state index contributed by atoms with van der Waals surface area (Å²) in [7, 11) is 0. The van der Waals surface area contributed by atoms with Gasteiger partial charge in [0.05, 0.1) is 23.8 Å². The molecule has 1 N–H and O–H groups in total. The lowest BCUT2D eigenvalue weighted by atomic mass is 9.95. The molecule has 0 saturated carbocycles. The molecule has 2 unspecified atom stereocenters. The molecular formula is C14H11NO4. The van der Waals surface area contributed by atoms with Gasteiger partial charge < -0.3 is 14.6 Å². The number of carboxylic acid groups (broad SMARTS) is 1. The van der Waals surface area contributed by atoms with Gasteiger partial charge >= 0.3 is 5.97 Å². The van der Waals surface area contributed by atoms with Crippen molar-refractivity contribution in [3.8, 4) is 0 Å². The number of ether oxygens (including phenoxy) is 2. The molecule has 2 atom stereocenters. The summed E-state index contributed by atoms with van der Waals surface area (Å²) in [6, 6.07) is 7.27. The third kappa shape index (κ3) is 1.49. The van der Waals surface area contributed by atoms with Gasteiger partial charge in [0, 0.05) is 11.8 Å². The second-order valence-electron chi connectivity index (χ2n) is 4.80. The zero-order valence-electron chi connectivity index (χ0n) is 10.00. The van der Waals surface area contributed by atoms with Crippen LogP contribution in [0.1, 0.15) is 27.9 Å². The van der Waals surface area contributed by atoms with E-state index >= 15 is 0 Å². The molecule has 2 bridgehead atoms. The van der Waals surface area contributed by atoms with Gasteiger partial charge in [-0.05, 0) is 11.6 Å². The first-order valence-electron chi connectivity index (χ1n) is 6.16. The molecule has 1 saturated heterocycles. The average molecular weight is 257 g/mol. The number of aromatic nitrogens is 1. The number of carbonyl (C=O) groups is 1. The third-order valence-corrected chi connectivity index (χ3v) is 3.64. The summed E-state index contributed by atoms with van der Waals surface area (Å²) in [6.07, 6.45) is -0.0271. The molecule has 1 aromatic carbocycles. The quantitative estimate of drug-likeness (QED) is 0.845. The molecule has 4 rings (SSSR count). The average Bonchev–Trinajstić information content (AvgIpc) is 2.79. The summed E-state index contributed by atoms with van der Waals surface area (Å²) in [4.78, 5) is 16.1. The number of hydrogen-bond donors (Lipinski definition) is 1. The number of aromatic carboxylic acids is 1. The van der Waals surface area contributed by atoms with Crippen LogP contribution in [0.3, 0.4) is 0 Å². The third-order valence-electron chi connectivity index (χ3n) is 3.64. The standard InChI is InChI=1S/C14H11NO4/c16-13(17)11-8-3-1-2-4-10(8)15-12-9(11)5-7-6-18-14(12)19-7/h1-4,7,14H,5-6H2,(H,16,17). The molecule has 0 radical (unpaired) electrons. The fraction of sp³-hybridized carbons (Fsp3) is 0.286. The smallest absolute Gasteiger partial charge is 0.336 e. The molecular weight excluding hydrogens is 246 g/mol. The summed E-state index contributed by atoms with van der Waals surface area (Å²) in [5, 5.41) is 10.2. The largest absolute Gasteiger partial charge is 0.478 e. The number of fused-ring (bicyclic) bond motifs is 5. The minimum absolute atomic E-state index is 0.0569. The Morgan fingerprint density at radius 1 is 1.37 bits per heavy atom. The van der Waals surface area contributed by atoms with Gasteiger partial charge in [0.15, 0.2) is 0 Å². The predicted molar refractivity (Wildman–Crippen MR) is 66.0 cm³/mol. The minimum Gasteiger partial charge on any atom is -0.478 e. The maximum absolute atomic E-state index is 11.6. The summed E-state index contributed by atoms with van der Waals surface area (Å²) in [5.41, 5.74) is 2.37. The van der Waals surface area contributed by atoms with Crippen LogP contribution in [0.25, 0.3) is 10.9 Å². The Kier molecular flexibility index (Phi) is 2.15. The number of hydrogen-bond acceptors (Lipinski definition) is 4. The molecule has 0 spiro atoms. The first-order chi connectivity index (χ1) is 9.24. The molecule has 1 fully saturated rings. The molecule has 2 aliphatic heterocycles. The van der Waals surface area contributed by atoms with E-state index < -0.39 is 12.3 Å². The van der Waals surface area contributed by atoms with Crippen molar-refractivity contribution >= 4 is 16.9 Å². The first kappa shape index (κ1) is 10.9. The maximum atomic E-state index is 11.6. The highest BCUT2D eigenvalue weighted by Gasteiger charge is 2.38. The van der Waals surface area contributed by atoms with E-state index in [1.54, 1.807) is 6.07 Å². The van der Waals surface area contributed by atoms with Crippen molar-refractivity contribution in [2.75, 3.05) is 6.61 Å². The number of nitrogens with zero attached hydrogens (tertiary/aromatic N) is 1. The normalized spacial score (nSPS) is 24.4. The van der Waals surface area contributed by atoms with Crippen molar-refractivity contribution in [2.24, 2.45) is 0 Å². The van der Waals surface area contributed by atoms with Crippen LogP contribution in [-0.2, 0) is 15.9 Å². The number of para-hydroxylation sites is 1. The van der Waals surface area contributed by atoms with Crippen molar-refractivity contribution < 1.29 is 19.4 Å². The van der Waals surface area contributed by atoms with E-state index in [9.17, 15) is 9.90 Å². The predicted octanol–water partition coefficient (Wildman–Crippen LogP) is 1.90. The van der Waals surface area contributed by atoms with E-state index in [1.807, 2.05) is 18.2 Å². The molecule has 96 valence electrons. The van der Waals surface area contributed by atoms with Gasteiger partial charge in [-0.15, -0.1) is 0 Å². The maximum Gasteiger partial charge on any atom is 0.336 e. The topological polar surface area (TPSA) is 68.7 Å². The van der Waals surface area contributed by atoms with Crippen LogP contribution in [0.5, 0.6) is 0 Å².